The Balaban J connectivity index is 1.89. The summed E-state index contributed by atoms with van der Waals surface area (Å²) in [7, 11) is 0.434. The third kappa shape index (κ3) is 3.85. The number of hydrogen-bond donors (Lipinski definition) is 0. The molecule has 0 aromatic heterocycles. The molecule has 3 rings (SSSR count). The molecule has 1 saturated heterocycles. The Hall–Kier alpha value is -1.28. The highest BCUT2D eigenvalue weighted by molar-refractivity contribution is 7.98. The second kappa shape index (κ2) is 8.71. The van der Waals surface area contributed by atoms with Gasteiger partial charge in [0.25, 0.3) is 0 Å². The van der Waals surface area contributed by atoms with E-state index in [0.717, 1.165) is 30.8 Å². The predicted octanol–water partition coefficient (Wildman–Crippen LogP) is 5.69. The summed E-state index contributed by atoms with van der Waals surface area (Å²) in [6, 6.07) is 13.8. The summed E-state index contributed by atoms with van der Waals surface area (Å²) in [5.74, 6) is 1.38. The molecule has 2 atom stereocenters. The van der Waals surface area contributed by atoms with Crippen molar-refractivity contribution in [3.05, 3.63) is 42.0 Å². The van der Waals surface area contributed by atoms with Crippen LogP contribution >= 0.6 is 0 Å². The molecule has 0 saturated carbocycles. The van der Waals surface area contributed by atoms with Gasteiger partial charge in [0, 0.05) is 22.7 Å². The SMILES string of the molecule is CCCC1CCC[S+]1c1ccc(CCCCC=O)c2ccccc12. The van der Waals surface area contributed by atoms with Crippen LogP contribution in [0.4, 0.5) is 0 Å². The van der Waals surface area contributed by atoms with Crippen molar-refractivity contribution in [2.24, 2.45) is 0 Å². The summed E-state index contributed by atoms with van der Waals surface area (Å²) in [5.41, 5.74) is 1.45. The summed E-state index contributed by atoms with van der Waals surface area (Å²) >= 11 is 0. The lowest BCUT2D eigenvalue weighted by Gasteiger charge is -2.14. The van der Waals surface area contributed by atoms with Crippen molar-refractivity contribution in [2.75, 3.05) is 5.75 Å². The Morgan fingerprint density at radius 1 is 1.12 bits per heavy atom. The first-order valence-electron chi connectivity index (χ1n) is 9.49. The molecule has 0 radical (unpaired) electrons. The first kappa shape index (κ1) is 17.5. The van der Waals surface area contributed by atoms with Crippen LogP contribution in [0.15, 0.2) is 41.3 Å². The molecule has 1 heterocycles. The van der Waals surface area contributed by atoms with E-state index in [-0.39, 0.29) is 0 Å². The molecule has 2 aromatic carbocycles. The normalized spacial score (nSPS) is 20.5. The van der Waals surface area contributed by atoms with Crippen molar-refractivity contribution in [1.82, 2.24) is 0 Å². The zero-order chi connectivity index (χ0) is 16.8. The molecular formula is C22H29OS+. The topological polar surface area (TPSA) is 17.1 Å². The van der Waals surface area contributed by atoms with Crippen LogP contribution in [0.3, 0.4) is 0 Å². The molecule has 1 aliphatic rings. The minimum Gasteiger partial charge on any atom is -0.303 e. The Labute approximate surface area is 149 Å². The van der Waals surface area contributed by atoms with Gasteiger partial charge in [-0.25, -0.2) is 0 Å². The first-order valence-corrected chi connectivity index (χ1v) is 10.9. The van der Waals surface area contributed by atoms with Gasteiger partial charge in [-0.3, -0.25) is 0 Å². The third-order valence-corrected chi connectivity index (χ3v) is 8.10. The Bertz CT molecular complexity index is 679. The lowest BCUT2D eigenvalue weighted by Crippen LogP contribution is -2.17. The number of aldehydes is 1. The van der Waals surface area contributed by atoms with E-state index >= 15 is 0 Å². The van der Waals surface area contributed by atoms with Crippen LogP contribution in [0.5, 0.6) is 0 Å². The molecule has 2 unspecified atom stereocenters. The van der Waals surface area contributed by atoms with E-state index in [9.17, 15) is 4.79 Å². The second-order valence-corrected chi connectivity index (χ2v) is 9.24. The van der Waals surface area contributed by atoms with Crippen molar-refractivity contribution < 1.29 is 4.79 Å². The van der Waals surface area contributed by atoms with E-state index in [1.807, 2.05) is 0 Å². The average Bonchev–Trinajstić information content (AvgIpc) is 3.07. The number of carbonyl (C=O) groups excluding carboxylic acids is 1. The lowest BCUT2D eigenvalue weighted by molar-refractivity contribution is -0.107. The lowest BCUT2D eigenvalue weighted by atomic mass is 10.00. The number of unbranched alkanes of at least 4 members (excludes halogenated alkanes) is 2. The van der Waals surface area contributed by atoms with Gasteiger partial charge in [-0.1, -0.05) is 37.6 Å². The fourth-order valence-electron chi connectivity index (χ4n) is 4.00. The summed E-state index contributed by atoms with van der Waals surface area (Å²) in [4.78, 5) is 12.1. The van der Waals surface area contributed by atoms with Crippen molar-refractivity contribution in [3.8, 4) is 0 Å². The van der Waals surface area contributed by atoms with E-state index in [1.54, 1.807) is 4.90 Å². The molecule has 1 fully saturated rings. The molecule has 0 aliphatic carbocycles. The van der Waals surface area contributed by atoms with Gasteiger partial charge in [-0.2, -0.15) is 0 Å². The number of carbonyl (C=O) groups is 1. The monoisotopic (exact) mass is 341 g/mol. The number of hydrogen-bond acceptors (Lipinski definition) is 1. The standard InChI is InChI=1S/C22H29OS/c1-2-9-19-11-8-17-24(19)22-15-14-18(10-4-3-7-16-23)20-12-5-6-13-21(20)22/h5-6,12-16,19H,2-4,7-11,17H2,1H3/q+1. The van der Waals surface area contributed by atoms with Crippen LogP contribution in [0.2, 0.25) is 0 Å². The van der Waals surface area contributed by atoms with Gasteiger partial charge in [0.1, 0.15) is 17.3 Å². The largest absolute Gasteiger partial charge is 0.303 e. The van der Waals surface area contributed by atoms with Crippen LogP contribution in [-0.2, 0) is 22.1 Å². The highest BCUT2D eigenvalue weighted by atomic mass is 32.2. The average molecular weight is 342 g/mol. The zero-order valence-corrected chi connectivity index (χ0v) is 15.6. The fraction of sp³-hybridized carbons (Fsp3) is 0.500. The van der Waals surface area contributed by atoms with Crippen molar-refractivity contribution in [3.63, 3.8) is 0 Å². The van der Waals surface area contributed by atoms with Crippen LogP contribution in [0.25, 0.3) is 10.8 Å². The molecule has 1 nitrogen and oxygen atoms in total. The zero-order valence-electron chi connectivity index (χ0n) is 14.8. The highest BCUT2D eigenvalue weighted by Gasteiger charge is 2.38. The molecule has 24 heavy (non-hydrogen) atoms. The summed E-state index contributed by atoms with van der Waals surface area (Å²) in [6.45, 7) is 2.32. The van der Waals surface area contributed by atoms with Crippen molar-refractivity contribution in [1.29, 1.82) is 0 Å². The summed E-state index contributed by atoms with van der Waals surface area (Å²) in [6.07, 6.45) is 10.4. The van der Waals surface area contributed by atoms with E-state index in [4.69, 9.17) is 0 Å². The number of rotatable bonds is 8. The second-order valence-electron chi connectivity index (χ2n) is 6.87. The number of fused-ring (bicyclic) bond motifs is 1. The Morgan fingerprint density at radius 3 is 2.75 bits per heavy atom. The molecule has 0 N–H and O–H groups in total. The molecule has 2 heteroatoms. The van der Waals surface area contributed by atoms with Crippen LogP contribution in [-0.4, -0.2) is 17.3 Å². The van der Waals surface area contributed by atoms with E-state index in [0.29, 0.717) is 17.3 Å². The molecule has 0 amide bonds. The first-order chi connectivity index (χ1) is 11.8. The van der Waals surface area contributed by atoms with Gasteiger partial charge in [0.2, 0.25) is 0 Å². The van der Waals surface area contributed by atoms with E-state index in [2.05, 4.69) is 43.3 Å². The summed E-state index contributed by atoms with van der Waals surface area (Å²) in [5, 5.41) is 3.82. The maximum Gasteiger partial charge on any atom is 0.162 e. The molecule has 0 spiro atoms. The van der Waals surface area contributed by atoms with E-state index < -0.39 is 0 Å². The molecular weight excluding hydrogens is 312 g/mol. The van der Waals surface area contributed by atoms with Crippen LogP contribution < -0.4 is 0 Å². The minimum absolute atomic E-state index is 0.434. The Morgan fingerprint density at radius 2 is 1.96 bits per heavy atom. The molecule has 128 valence electrons. The quantitative estimate of drug-likeness (QED) is 0.342. The highest BCUT2D eigenvalue weighted by Crippen LogP contribution is 2.37. The number of aryl methyl sites for hydroxylation is 1. The van der Waals surface area contributed by atoms with Crippen LogP contribution in [0, 0.1) is 0 Å². The van der Waals surface area contributed by atoms with Gasteiger partial charge in [0.15, 0.2) is 4.90 Å². The Kier molecular flexibility index (Phi) is 6.37. The fourth-order valence-corrected chi connectivity index (χ4v) is 7.06. The predicted molar refractivity (Wildman–Crippen MR) is 106 cm³/mol. The van der Waals surface area contributed by atoms with Crippen LogP contribution in [0.1, 0.15) is 57.4 Å². The van der Waals surface area contributed by atoms with Gasteiger partial charge >= 0.3 is 0 Å². The smallest absolute Gasteiger partial charge is 0.162 e. The minimum atomic E-state index is 0.434. The van der Waals surface area contributed by atoms with Gasteiger partial charge < -0.3 is 4.79 Å². The van der Waals surface area contributed by atoms with Gasteiger partial charge in [-0.15, -0.1) is 0 Å². The molecule has 0 bridgehead atoms. The maximum absolute atomic E-state index is 10.5. The third-order valence-electron chi connectivity index (χ3n) is 5.18. The maximum atomic E-state index is 10.5. The van der Waals surface area contributed by atoms with E-state index in [1.165, 1.54) is 47.8 Å². The van der Waals surface area contributed by atoms with Gasteiger partial charge in [0.05, 0.1) is 0 Å². The summed E-state index contributed by atoms with van der Waals surface area (Å²) < 4.78 is 0. The van der Waals surface area contributed by atoms with Crippen molar-refractivity contribution in [2.45, 2.75) is 68.4 Å². The number of benzene rings is 2. The molecule has 2 aromatic rings. The van der Waals surface area contributed by atoms with Crippen molar-refractivity contribution >= 4 is 28.0 Å². The van der Waals surface area contributed by atoms with Gasteiger partial charge in [-0.05, 0) is 61.6 Å². The molecule has 1 aliphatic heterocycles.